The summed E-state index contributed by atoms with van der Waals surface area (Å²) in [6.07, 6.45) is 2.76. The van der Waals surface area contributed by atoms with E-state index in [1.165, 1.54) is 0 Å². The Balaban J connectivity index is 1.68. The zero-order valence-corrected chi connectivity index (χ0v) is 14.3. The van der Waals surface area contributed by atoms with Crippen LogP contribution >= 0.6 is 0 Å². The van der Waals surface area contributed by atoms with Gasteiger partial charge in [0, 0.05) is 24.6 Å². The number of aromatic nitrogens is 3. The molecule has 1 aliphatic rings. The Morgan fingerprint density at radius 1 is 1.26 bits per heavy atom. The SMILES string of the molecule is CCc1nc2n(n1)C[C@@H](Nc1ccc(S(=O)(=O)CC)cc1)CC2. The normalized spacial score (nSPS) is 17.7. The van der Waals surface area contributed by atoms with Gasteiger partial charge in [-0.05, 0) is 30.7 Å². The van der Waals surface area contributed by atoms with Crippen LogP contribution in [0.25, 0.3) is 0 Å². The molecule has 0 radical (unpaired) electrons. The number of hydrogen-bond donors (Lipinski definition) is 1. The van der Waals surface area contributed by atoms with Crippen molar-refractivity contribution >= 4 is 15.5 Å². The maximum Gasteiger partial charge on any atom is 0.178 e. The number of aryl methyl sites for hydroxylation is 2. The topological polar surface area (TPSA) is 76.9 Å². The Kier molecular flexibility index (Phi) is 4.39. The van der Waals surface area contributed by atoms with Gasteiger partial charge in [-0.3, -0.25) is 0 Å². The van der Waals surface area contributed by atoms with Crippen molar-refractivity contribution in [2.75, 3.05) is 11.1 Å². The Morgan fingerprint density at radius 3 is 2.65 bits per heavy atom. The zero-order chi connectivity index (χ0) is 16.4. The predicted octanol–water partition coefficient (Wildman–Crippen LogP) is 2.06. The van der Waals surface area contributed by atoms with Crippen molar-refractivity contribution < 1.29 is 8.42 Å². The van der Waals surface area contributed by atoms with Crippen molar-refractivity contribution in [3.8, 4) is 0 Å². The molecular weight excluding hydrogens is 312 g/mol. The van der Waals surface area contributed by atoms with E-state index in [9.17, 15) is 8.42 Å². The van der Waals surface area contributed by atoms with E-state index in [-0.39, 0.29) is 11.8 Å². The molecule has 2 aromatic rings. The lowest BCUT2D eigenvalue weighted by Gasteiger charge is -2.24. The molecule has 7 heteroatoms. The summed E-state index contributed by atoms with van der Waals surface area (Å²) in [7, 11) is -3.14. The van der Waals surface area contributed by atoms with Crippen molar-refractivity contribution in [2.24, 2.45) is 0 Å². The molecule has 1 N–H and O–H groups in total. The fourth-order valence-corrected chi connectivity index (χ4v) is 3.67. The molecule has 3 rings (SSSR count). The predicted molar refractivity (Wildman–Crippen MR) is 89.3 cm³/mol. The molecule has 0 spiro atoms. The second-order valence-electron chi connectivity index (χ2n) is 5.79. The van der Waals surface area contributed by atoms with Crippen molar-refractivity contribution in [2.45, 2.75) is 50.6 Å². The fraction of sp³-hybridized carbons (Fsp3) is 0.500. The van der Waals surface area contributed by atoms with Crippen LogP contribution in [-0.4, -0.2) is 35.0 Å². The minimum absolute atomic E-state index is 0.122. The minimum Gasteiger partial charge on any atom is -0.380 e. The molecule has 0 aliphatic carbocycles. The van der Waals surface area contributed by atoms with E-state index in [2.05, 4.69) is 22.3 Å². The number of hydrogen-bond acceptors (Lipinski definition) is 5. The Bertz CT molecular complexity index is 781. The van der Waals surface area contributed by atoms with E-state index in [0.717, 1.165) is 43.1 Å². The van der Waals surface area contributed by atoms with Gasteiger partial charge in [0.25, 0.3) is 0 Å². The van der Waals surface area contributed by atoms with Gasteiger partial charge in [-0.1, -0.05) is 13.8 Å². The molecule has 1 aliphatic heterocycles. The summed E-state index contributed by atoms with van der Waals surface area (Å²) in [5.41, 5.74) is 0.935. The standard InChI is InChI=1S/C16H22N4O2S/c1-3-15-18-16-10-7-13(11-20(16)19-15)17-12-5-8-14(9-6-12)23(21,22)4-2/h5-6,8-9,13,17H,3-4,7,10-11H2,1-2H3/t13-/m0/s1. The quantitative estimate of drug-likeness (QED) is 0.906. The largest absolute Gasteiger partial charge is 0.380 e. The van der Waals surface area contributed by atoms with E-state index >= 15 is 0 Å². The molecule has 0 fully saturated rings. The first-order valence-electron chi connectivity index (χ1n) is 8.03. The number of benzene rings is 1. The number of anilines is 1. The highest BCUT2D eigenvalue weighted by Crippen LogP contribution is 2.20. The monoisotopic (exact) mass is 334 g/mol. The van der Waals surface area contributed by atoms with Gasteiger partial charge in [-0.25, -0.2) is 18.1 Å². The number of nitrogens with zero attached hydrogens (tertiary/aromatic N) is 3. The number of rotatable bonds is 5. The molecule has 1 aromatic heterocycles. The molecule has 124 valence electrons. The van der Waals surface area contributed by atoms with Crippen LogP contribution in [0.5, 0.6) is 0 Å². The summed E-state index contributed by atoms with van der Waals surface area (Å²) in [6.45, 7) is 4.50. The van der Waals surface area contributed by atoms with Gasteiger partial charge in [-0.15, -0.1) is 0 Å². The summed E-state index contributed by atoms with van der Waals surface area (Å²) < 4.78 is 25.6. The number of fused-ring (bicyclic) bond motifs is 1. The van der Waals surface area contributed by atoms with Gasteiger partial charge in [0.15, 0.2) is 15.7 Å². The van der Waals surface area contributed by atoms with Gasteiger partial charge in [0.2, 0.25) is 0 Å². The van der Waals surface area contributed by atoms with Crippen LogP contribution in [0.1, 0.15) is 31.9 Å². The lowest BCUT2D eigenvalue weighted by atomic mass is 10.1. The van der Waals surface area contributed by atoms with Gasteiger partial charge in [0.05, 0.1) is 17.2 Å². The third-order valence-electron chi connectivity index (χ3n) is 4.18. The maximum absolute atomic E-state index is 11.8. The third-order valence-corrected chi connectivity index (χ3v) is 5.93. The molecule has 0 saturated heterocycles. The highest BCUT2D eigenvalue weighted by atomic mass is 32.2. The summed E-state index contributed by atoms with van der Waals surface area (Å²) in [6, 6.07) is 7.27. The van der Waals surface area contributed by atoms with Crippen LogP contribution < -0.4 is 5.32 Å². The minimum atomic E-state index is -3.14. The van der Waals surface area contributed by atoms with Crippen molar-refractivity contribution in [1.82, 2.24) is 14.8 Å². The number of nitrogens with one attached hydrogen (secondary N) is 1. The Labute approximate surface area is 136 Å². The highest BCUT2D eigenvalue weighted by Gasteiger charge is 2.21. The van der Waals surface area contributed by atoms with Crippen molar-refractivity contribution in [3.63, 3.8) is 0 Å². The smallest absolute Gasteiger partial charge is 0.178 e. The number of sulfone groups is 1. The summed E-state index contributed by atoms with van der Waals surface area (Å²) in [4.78, 5) is 4.89. The average Bonchev–Trinajstić information content (AvgIpc) is 2.98. The Morgan fingerprint density at radius 2 is 2.00 bits per heavy atom. The second kappa shape index (κ2) is 6.31. The Hall–Kier alpha value is -1.89. The maximum atomic E-state index is 11.8. The second-order valence-corrected chi connectivity index (χ2v) is 8.07. The van der Waals surface area contributed by atoms with Gasteiger partial charge in [-0.2, -0.15) is 5.10 Å². The molecule has 0 bridgehead atoms. The third kappa shape index (κ3) is 3.39. The molecule has 6 nitrogen and oxygen atoms in total. The van der Waals surface area contributed by atoms with Crippen LogP contribution in [0.4, 0.5) is 5.69 Å². The van der Waals surface area contributed by atoms with Crippen molar-refractivity contribution in [3.05, 3.63) is 35.9 Å². The highest BCUT2D eigenvalue weighted by molar-refractivity contribution is 7.91. The molecule has 1 aromatic carbocycles. The van der Waals surface area contributed by atoms with E-state index in [1.807, 2.05) is 16.8 Å². The molecule has 2 heterocycles. The van der Waals surface area contributed by atoms with Crippen molar-refractivity contribution in [1.29, 1.82) is 0 Å². The average molecular weight is 334 g/mol. The molecular formula is C16H22N4O2S. The molecule has 1 atom stereocenters. The molecule has 0 saturated carbocycles. The van der Waals surface area contributed by atoms with E-state index < -0.39 is 9.84 Å². The van der Waals surface area contributed by atoms with Gasteiger partial charge in [0.1, 0.15) is 5.82 Å². The summed E-state index contributed by atoms with van der Waals surface area (Å²) >= 11 is 0. The van der Waals surface area contributed by atoms with E-state index in [4.69, 9.17) is 0 Å². The van der Waals surface area contributed by atoms with Crippen LogP contribution in [-0.2, 0) is 29.2 Å². The van der Waals surface area contributed by atoms with Crippen LogP contribution in [0, 0.1) is 0 Å². The summed E-state index contributed by atoms with van der Waals surface area (Å²) in [5.74, 6) is 2.08. The molecule has 0 unspecified atom stereocenters. The first-order chi connectivity index (χ1) is 11.0. The first-order valence-corrected chi connectivity index (χ1v) is 9.69. The summed E-state index contributed by atoms with van der Waals surface area (Å²) in [5, 5.41) is 7.97. The van der Waals surface area contributed by atoms with Crippen LogP contribution in [0.3, 0.4) is 0 Å². The van der Waals surface area contributed by atoms with E-state index in [0.29, 0.717) is 4.90 Å². The lowest BCUT2D eigenvalue weighted by molar-refractivity contribution is 0.440. The van der Waals surface area contributed by atoms with Gasteiger partial charge >= 0.3 is 0 Å². The first kappa shape index (κ1) is 16.0. The van der Waals surface area contributed by atoms with Crippen LogP contribution in [0.15, 0.2) is 29.2 Å². The van der Waals surface area contributed by atoms with E-state index in [1.54, 1.807) is 19.1 Å². The molecule has 0 amide bonds. The molecule has 23 heavy (non-hydrogen) atoms. The zero-order valence-electron chi connectivity index (χ0n) is 13.5. The van der Waals surface area contributed by atoms with Gasteiger partial charge < -0.3 is 5.32 Å². The van der Waals surface area contributed by atoms with Crippen LogP contribution in [0.2, 0.25) is 0 Å². The lowest BCUT2D eigenvalue weighted by Crippen LogP contribution is -2.31. The fourth-order valence-electron chi connectivity index (χ4n) is 2.79.